The molecule has 10 heteroatoms. The van der Waals surface area contributed by atoms with Crippen LogP contribution in [0.3, 0.4) is 0 Å². The first kappa shape index (κ1) is 53.9. The molecular formula is C41H52O10. The van der Waals surface area contributed by atoms with Crippen molar-refractivity contribution in [1.82, 2.24) is 0 Å². The normalized spacial score (nSPS) is 7.80. The highest BCUT2D eigenvalue weighted by atomic mass is 16.7. The van der Waals surface area contributed by atoms with Crippen LogP contribution in [0.2, 0.25) is 0 Å². The first-order chi connectivity index (χ1) is 22.8. The van der Waals surface area contributed by atoms with E-state index in [1.165, 1.54) is 13.8 Å². The molecule has 0 atom stereocenters. The molecule has 0 aliphatic heterocycles. The van der Waals surface area contributed by atoms with Gasteiger partial charge in [-0.2, -0.15) is 0 Å². The van der Waals surface area contributed by atoms with Gasteiger partial charge in [0.1, 0.15) is 42.3 Å². The average molecular weight is 705 g/mol. The number of rotatable bonds is 4. The standard InChI is InChI=1S/C13H10O3.2C8H8O2.C6H6O.2CH2O.4CH4/c14-13(15-11-7-3-1-4-8-11)16-12-9-5-2-6-10-12;2*1-7(9)10-8-5-3-2-4-6-8;7-6-4-2-1-3-5-6;2*1-2;;;;/h1-10H;2*2-6H,1H3;1-5,7H;2*1H2;4*1H4. The summed E-state index contributed by atoms with van der Waals surface area (Å²) in [5.74, 6) is 1.86. The summed E-state index contributed by atoms with van der Waals surface area (Å²) in [5.41, 5.74) is 0. The van der Waals surface area contributed by atoms with Gasteiger partial charge in [0.25, 0.3) is 0 Å². The molecule has 0 aliphatic carbocycles. The molecule has 5 aromatic rings. The second-order valence-electron chi connectivity index (χ2n) is 8.23. The number of phenolic OH excluding ortho intramolecular Hbond substituents is 1. The fourth-order valence-electron chi connectivity index (χ4n) is 2.93. The minimum atomic E-state index is -0.739. The zero-order valence-electron chi connectivity index (χ0n) is 26.0. The largest absolute Gasteiger partial charge is 0.519 e. The average Bonchev–Trinajstić information content (AvgIpc) is 3.09. The number of carbonyl (C=O) groups excluding carboxylic acids is 5. The Labute approximate surface area is 303 Å². The van der Waals surface area contributed by atoms with E-state index in [-0.39, 0.29) is 41.6 Å². The Balaban J connectivity index is -0.000000180. The summed E-state index contributed by atoms with van der Waals surface area (Å²) in [6, 6.07) is 44.2. The van der Waals surface area contributed by atoms with E-state index in [1.54, 1.807) is 97.1 Å². The number of ether oxygens (including phenoxy) is 4. The summed E-state index contributed by atoms with van der Waals surface area (Å²) in [6.07, 6.45) is -0.739. The first-order valence-corrected chi connectivity index (χ1v) is 13.6. The Morgan fingerprint density at radius 3 is 0.765 bits per heavy atom. The second kappa shape index (κ2) is 36.3. The molecule has 5 aromatic carbocycles. The lowest BCUT2D eigenvalue weighted by Gasteiger charge is -2.04. The van der Waals surface area contributed by atoms with Crippen LogP contribution in [0.5, 0.6) is 28.7 Å². The van der Waals surface area contributed by atoms with Gasteiger partial charge < -0.3 is 33.6 Å². The quantitative estimate of drug-likeness (QED) is 0.109. The molecule has 0 radical (unpaired) electrons. The van der Waals surface area contributed by atoms with Gasteiger partial charge in [0.2, 0.25) is 0 Å². The van der Waals surface area contributed by atoms with Crippen LogP contribution < -0.4 is 18.9 Å². The summed E-state index contributed by atoms with van der Waals surface area (Å²) in [7, 11) is 0. The van der Waals surface area contributed by atoms with E-state index in [9.17, 15) is 14.4 Å². The van der Waals surface area contributed by atoms with Gasteiger partial charge in [-0.1, -0.05) is 121 Å². The maximum Gasteiger partial charge on any atom is 0.519 e. The zero-order valence-corrected chi connectivity index (χ0v) is 26.0. The predicted octanol–water partition coefficient (Wildman–Crippen LogP) is 10.1. The molecule has 0 heterocycles. The van der Waals surface area contributed by atoms with Gasteiger partial charge >= 0.3 is 18.1 Å². The number of carbonyl (C=O) groups is 5. The highest BCUT2D eigenvalue weighted by Crippen LogP contribution is 2.13. The molecule has 0 aliphatic rings. The van der Waals surface area contributed by atoms with E-state index in [0.29, 0.717) is 28.7 Å². The molecule has 0 aromatic heterocycles. The predicted molar refractivity (Wildman–Crippen MR) is 204 cm³/mol. The van der Waals surface area contributed by atoms with Gasteiger partial charge in [0, 0.05) is 13.8 Å². The van der Waals surface area contributed by atoms with Crippen molar-refractivity contribution < 1.29 is 48.0 Å². The van der Waals surface area contributed by atoms with Crippen molar-refractivity contribution in [3.63, 3.8) is 0 Å². The number of para-hydroxylation sites is 5. The summed E-state index contributed by atoms with van der Waals surface area (Å²) >= 11 is 0. The molecule has 276 valence electrons. The molecule has 1 N–H and O–H groups in total. The van der Waals surface area contributed by atoms with Crippen LogP contribution in [0.15, 0.2) is 152 Å². The molecule has 5 rings (SSSR count). The lowest BCUT2D eigenvalue weighted by Crippen LogP contribution is -2.13. The van der Waals surface area contributed by atoms with E-state index < -0.39 is 6.16 Å². The number of benzene rings is 5. The van der Waals surface area contributed by atoms with Crippen molar-refractivity contribution >= 4 is 31.7 Å². The van der Waals surface area contributed by atoms with Crippen LogP contribution in [-0.4, -0.2) is 36.8 Å². The topological polar surface area (TPSA) is 142 Å². The van der Waals surface area contributed by atoms with Gasteiger partial charge in [0.15, 0.2) is 0 Å². The molecule has 10 nitrogen and oxygen atoms in total. The van der Waals surface area contributed by atoms with Crippen LogP contribution in [0, 0.1) is 0 Å². The van der Waals surface area contributed by atoms with E-state index in [4.69, 9.17) is 33.6 Å². The van der Waals surface area contributed by atoms with Gasteiger partial charge in [-0.25, -0.2) is 4.79 Å². The minimum absolute atomic E-state index is 0. The van der Waals surface area contributed by atoms with Crippen LogP contribution in [0.25, 0.3) is 0 Å². The Bertz CT molecular complexity index is 1400. The molecule has 0 fully saturated rings. The smallest absolute Gasteiger partial charge is 0.508 e. The lowest BCUT2D eigenvalue weighted by atomic mass is 10.3. The maximum absolute atomic E-state index is 11.3. The fraction of sp³-hybridized carbons (Fsp3) is 0.146. The molecule has 0 bridgehead atoms. The van der Waals surface area contributed by atoms with E-state index >= 15 is 0 Å². The number of esters is 2. The van der Waals surface area contributed by atoms with Crippen LogP contribution in [0.4, 0.5) is 4.79 Å². The zero-order chi connectivity index (χ0) is 35.1. The molecule has 0 saturated heterocycles. The van der Waals surface area contributed by atoms with Crippen molar-refractivity contribution in [3.8, 4) is 28.7 Å². The van der Waals surface area contributed by atoms with Crippen molar-refractivity contribution in [2.24, 2.45) is 0 Å². The third-order valence-electron chi connectivity index (χ3n) is 4.65. The van der Waals surface area contributed by atoms with Crippen molar-refractivity contribution in [3.05, 3.63) is 152 Å². The third-order valence-corrected chi connectivity index (χ3v) is 4.65. The SMILES string of the molecule is C.C.C.C.C=O.C=O.CC(=O)Oc1ccccc1.CC(=O)Oc1ccccc1.O=C(Oc1ccccc1)Oc1ccccc1.Oc1ccccc1. The number of hydrogen-bond donors (Lipinski definition) is 1. The Morgan fingerprint density at radius 2 is 0.588 bits per heavy atom. The molecule has 0 amide bonds. The maximum atomic E-state index is 11.3. The van der Waals surface area contributed by atoms with E-state index in [0.717, 1.165) is 0 Å². The van der Waals surface area contributed by atoms with Crippen molar-refractivity contribution in [2.45, 2.75) is 43.6 Å². The number of aromatic hydroxyl groups is 1. The first-order valence-electron chi connectivity index (χ1n) is 13.6. The molecular weight excluding hydrogens is 652 g/mol. The van der Waals surface area contributed by atoms with E-state index in [1.807, 2.05) is 68.2 Å². The molecule has 0 unspecified atom stereocenters. The third kappa shape index (κ3) is 30.5. The van der Waals surface area contributed by atoms with Crippen LogP contribution >= 0.6 is 0 Å². The second-order valence-corrected chi connectivity index (χ2v) is 8.23. The van der Waals surface area contributed by atoms with Gasteiger partial charge in [-0.15, -0.1) is 0 Å². The van der Waals surface area contributed by atoms with Gasteiger partial charge in [0.05, 0.1) is 0 Å². The van der Waals surface area contributed by atoms with Gasteiger partial charge in [-0.05, 0) is 60.7 Å². The van der Waals surface area contributed by atoms with Crippen LogP contribution in [0.1, 0.15) is 43.6 Å². The summed E-state index contributed by atoms with van der Waals surface area (Å²) in [4.78, 5) is 48.1. The van der Waals surface area contributed by atoms with Crippen molar-refractivity contribution in [1.29, 1.82) is 0 Å². The Morgan fingerprint density at radius 1 is 0.392 bits per heavy atom. The number of hydrogen-bond acceptors (Lipinski definition) is 10. The Kier molecular flexibility index (Phi) is 38.4. The minimum Gasteiger partial charge on any atom is -0.508 e. The Hall–Kier alpha value is -6.55. The van der Waals surface area contributed by atoms with E-state index in [2.05, 4.69) is 0 Å². The molecule has 51 heavy (non-hydrogen) atoms. The summed E-state index contributed by atoms with van der Waals surface area (Å²) < 4.78 is 19.5. The van der Waals surface area contributed by atoms with Crippen LogP contribution in [-0.2, 0) is 19.2 Å². The summed E-state index contributed by atoms with van der Waals surface area (Å²) in [6.45, 7) is 6.76. The van der Waals surface area contributed by atoms with Gasteiger partial charge in [-0.3, -0.25) is 9.59 Å². The highest BCUT2D eigenvalue weighted by Gasteiger charge is 2.06. The lowest BCUT2D eigenvalue weighted by molar-refractivity contribution is -0.132. The molecule has 0 spiro atoms. The van der Waals surface area contributed by atoms with Crippen molar-refractivity contribution in [2.75, 3.05) is 0 Å². The highest BCUT2D eigenvalue weighted by molar-refractivity contribution is 5.69. The number of phenols is 1. The summed E-state index contributed by atoms with van der Waals surface area (Å²) in [5, 5.41) is 8.63. The fourth-order valence-corrected chi connectivity index (χ4v) is 2.93. The molecule has 0 saturated carbocycles. The monoisotopic (exact) mass is 704 g/mol.